The Morgan fingerprint density at radius 3 is 2.67 bits per heavy atom. The third-order valence-corrected chi connectivity index (χ3v) is 4.29. The summed E-state index contributed by atoms with van der Waals surface area (Å²) in [6.45, 7) is 1.67. The van der Waals surface area contributed by atoms with Crippen LogP contribution in [-0.4, -0.2) is 48.7 Å². The molecule has 5 nitrogen and oxygen atoms in total. The van der Waals surface area contributed by atoms with Crippen molar-refractivity contribution in [2.45, 2.75) is 56.1 Å². The number of nitrogens with two attached hydrogens (primary N) is 2. The number of methoxy groups -OCH3 is 1. The Labute approximate surface area is 109 Å². The van der Waals surface area contributed by atoms with Gasteiger partial charge >= 0.3 is 0 Å². The normalized spacial score (nSPS) is 32.7. The molecule has 0 bridgehead atoms. The van der Waals surface area contributed by atoms with E-state index in [1.54, 1.807) is 7.11 Å². The third-order valence-electron chi connectivity index (χ3n) is 4.29. The Kier molecular flexibility index (Phi) is 4.25. The highest BCUT2D eigenvalue weighted by Gasteiger charge is 2.42. The summed E-state index contributed by atoms with van der Waals surface area (Å²) < 4.78 is 5.18. The quantitative estimate of drug-likeness (QED) is 0.711. The molecule has 4 N–H and O–H groups in total. The molecule has 5 heteroatoms. The van der Waals surface area contributed by atoms with Crippen molar-refractivity contribution in [1.29, 1.82) is 0 Å². The number of carbonyl (C=O) groups is 1. The Balaban J connectivity index is 1.99. The molecule has 0 saturated heterocycles. The topological polar surface area (TPSA) is 81.6 Å². The van der Waals surface area contributed by atoms with Crippen molar-refractivity contribution in [3.05, 3.63) is 0 Å². The van der Waals surface area contributed by atoms with Crippen molar-refractivity contribution in [2.24, 2.45) is 11.5 Å². The minimum Gasteiger partial charge on any atom is -0.383 e. The number of amides is 1. The molecular formula is C13H25N3O2. The van der Waals surface area contributed by atoms with Gasteiger partial charge in [0.1, 0.15) is 0 Å². The predicted molar refractivity (Wildman–Crippen MR) is 70.0 cm³/mol. The molecule has 0 aliphatic heterocycles. The standard InChI is InChI=1S/C13H25N3O2/c1-18-8-7-16(10-4-5-10)11-3-2-6-13(15,9-11)12(14)17/h10-11H,2-9,15H2,1H3,(H2,14,17). The van der Waals surface area contributed by atoms with E-state index >= 15 is 0 Å². The van der Waals surface area contributed by atoms with Gasteiger partial charge in [0.05, 0.1) is 12.1 Å². The molecule has 2 aliphatic rings. The lowest BCUT2D eigenvalue weighted by Gasteiger charge is -2.41. The zero-order valence-corrected chi connectivity index (χ0v) is 11.2. The summed E-state index contributed by atoms with van der Waals surface area (Å²) in [6, 6.07) is 1.05. The van der Waals surface area contributed by atoms with Gasteiger partial charge in [0.2, 0.25) is 5.91 Å². The monoisotopic (exact) mass is 255 g/mol. The minimum absolute atomic E-state index is 0.352. The van der Waals surface area contributed by atoms with Crippen LogP contribution in [-0.2, 0) is 9.53 Å². The first-order chi connectivity index (χ1) is 8.57. The average molecular weight is 255 g/mol. The molecule has 2 fully saturated rings. The minimum atomic E-state index is -0.802. The second-order valence-corrected chi connectivity index (χ2v) is 5.73. The van der Waals surface area contributed by atoms with E-state index in [9.17, 15) is 4.79 Å². The molecule has 0 spiro atoms. The zero-order chi connectivity index (χ0) is 13.2. The number of primary amides is 1. The fourth-order valence-electron chi connectivity index (χ4n) is 3.05. The van der Waals surface area contributed by atoms with E-state index in [0.717, 1.165) is 32.4 Å². The Morgan fingerprint density at radius 2 is 2.11 bits per heavy atom. The van der Waals surface area contributed by atoms with E-state index in [1.165, 1.54) is 12.8 Å². The smallest absolute Gasteiger partial charge is 0.237 e. The highest BCUT2D eigenvalue weighted by Crippen LogP contribution is 2.35. The average Bonchev–Trinajstić information content (AvgIpc) is 3.14. The van der Waals surface area contributed by atoms with Crippen LogP contribution in [0.3, 0.4) is 0 Å². The van der Waals surface area contributed by atoms with Gasteiger partial charge in [-0.3, -0.25) is 9.69 Å². The summed E-state index contributed by atoms with van der Waals surface area (Å²) in [5.74, 6) is -0.352. The van der Waals surface area contributed by atoms with Crippen LogP contribution in [0.4, 0.5) is 0 Å². The summed E-state index contributed by atoms with van der Waals surface area (Å²) >= 11 is 0. The van der Waals surface area contributed by atoms with Gasteiger partial charge < -0.3 is 16.2 Å². The van der Waals surface area contributed by atoms with Crippen LogP contribution in [0.25, 0.3) is 0 Å². The van der Waals surface area contributed by atoms with Gasteiger partial charge in [0.25, 0.3) is 0 Å². The van der Waals surface area contributed by atoms with Gasteiger partial charge in [-0.15, -0.1) is 0 Å². The lowest BCUT2D eigenvalue weighted by molar-refractivity contribution is -0.125. The largest absolute Gasteiger partial charge is 0.383 e. The van der Waals surface area contributed by atoms with Gasteiger partial charge in [-0.2, -0.15) is 0 Å². The van der Waals surface area contributed by atoms with Crippen LogP contribution in [0.5, 0.6) is 0 Å². The fraction of sp³-hybridized carbons (Fsp3) is 0.923. The van der Waals surface area contributed by atoms with Gasteiger partial charge in [0.15, 0.2) is 0 Å². The van der Waals surface area contributed by atoms with E-state index in [-0.39, 0.29) is 5.91 Å². The number of hydrogen-bond acceptors (Lipinski definition) is 4. The molecule has 0 aromatic rings. The maximum atomic E-state index is 11.5. The molecule has 0 aromatic heterocycles. The van der Waals surface area contributed by atoms with Gasteiger partial charge in [-0.05, 0) is 38.5 Å². The molecule has 1 amide bonds. The first-order valence-corrected chi connectivity index (χ1v) is 6.90. The summed E-state index contributed by atoms with van der Waals surface area (Å²) in [4.78, 5) is 14.0. The molecule has 104 valence electrons. The molecule has 2 aliphatic carbocycles. The van der Waals surface area contributed by atoms with Crippen LogP contribution in [0.1, 0.15) is 38.5 Å². The fourth-order valence-corrected chi connectivity index (χ4v) is 3.05. The van der Waals surface area contributed by atoms with Crippen molar-refractivity contribution in [2.75, 3.05) is 20.3 Å². The molecule has 2 saturated carbocycles. The number of carbonyl (C=O) groups excluding carboxylic acids is 1. The number of hydrogen-bond donors (Lipinski definition) is 2. The van der Waals surface area contributed by atoms with E-state index in [1.807, 2.05) is 0 Å². The highest BCUT2D eigenvalue weighted by atomic mass is 16.5. The second kappa shape index (κ2) is 5.55. The summed E-state index contributed by atoms with van der Waals surface area (Å²) in [5, 5.41) is 0. The summed E-state index contributed by atoms with van der Waals surface area (Å²) in [6.07, 6.45) is 6.04. The number of rotatable bonds is 6. The van der Waals surface area contributed by atoms with Crippen LogP contribution >= 0.6 is 0 Å². The van der Waals surface area contributed by atoms with Crippen LogP contribution in [0.15, 0.2) is 0 Å². The molecular weight excluding hydrogens is 230 g/mol. The van der Waals surface area contributed by atoms with E-state index in [0.29, 0.717) is 18.5 Å². The van der Waals surface area contributed by atoms with Crippen molar-refractivity contribution in [3.8, 4) is 0 Å². The van der Waals surface area contributed by atoms with Crippen molar-refractivity contribution >= 4 is 5.91 Å². The first kappa shape index (κ1) is 13.8. The van der Waals surface area contributed by atoms with Crippen LogP contribution < -0.4 is 11.5 Å². The predicted octanol–water partition coefficient (Wildman–Crippen LogP) is 0.223. The lowest BCUT2D eigenvalue weighted by atomic mass is 9.78. The number of nitrogens with zero attached hydrogens (tertiary/aromatic N) is 1. The van der Waals surface area contributed by atoms with Crippen molar-refractivity contribution in [1.82, 2.24) is 4.90 Å². The first-order valence-electron chi connectivity index (χ1n) is 6.90. The molecule has 2 rings (SSSR count). The van der Waals surface area contributed by atoms with Gasteiger partial charge in [-0.1, -0.05) is 0 Å². The molecule has 0 heterocycles. The van der Waals surface area contributed by atoms with Gasteiger partial charge in [-0.25, -0.2) is 0 Å². The number of ether oxygens (including phenoxy) is 1. The van der Waals surface area contributed by atoms with E-state index in [2.05, 4.69) is 4.90 Å². The Hall–Kier alpha value is -0.650. The second-order valence-electron chi connectivity index (χ2n) is 5.73. The lowest BCUT2D eigenvalue weighted by Crippen LogP contribution is -2.58. The Morgan fingerprint density at radius 1 is 1.39 bits per heavy atom. The van der Waals surface area contributed by atoms with Crippen molar-refractivity contribution in [3.63, 3.8) is 0 Å². The SMILES string of the molecule is COCCN(C1CC1)C1CCCC(N)(C(N)=O)C1. The van der Waals surface area contributed by atoms with Crippen molar-refractivity contribution < 1.29 is 9.53 Å². The maximum Gasteiger partial charge on any atom is 0.237 e. The van der Waals surface area contributed by atoms with Crippen LogP contribution in [0.2, 0.25) is 0 Å². The summed E-state index contributed by atoms with van der Waals surface area (Å²) in [5.41, 5.74) is 10.8. The molecule has 0 radical (unpaired) electrons. The molecule has 2 unspecified atom stereocenters. The molecule has 18 heavy (non-hydrogen) atoms. The third kappa shape index (κ3) is 3.02. The summed E-state index contributed by atoms with van der Waals surface area (Å²) in [7, 11) is 1.72. The maximum absolute atomic E-state index is 11.5. The zero-order valence-electron chi connectivity index (χ0n) is 11.2. The van der Waals surface area contributed by atoms with E-state index < -0.39 is 5.54 Å². The molecule has 2 atom stereocenters. The van der Waals surface area contributed by atoms with Gasteiger partial charge in [0, 0.05) is 25.7 Å². The van der Waals surface area contributed by atoms with Crippen LogP contribution in [0, 0.1) is 0 Å². The molecule has 0 aromatic carbocycles. The van der Waals surface area contributed by atoms with E-state index in [4.69, 9.17) is 16.2 Å². The Bertz CT molecular complexity index is 307. The highest BCUT2D eigenvalue weighted by molar-refractivity contribution is 5.84.